The highest BCUT2D eigenvalue weighted by Gasteiger charge is 2.26. The van der Waals surface area contributed by atoms with Crippen LogP contribution in [0.2, 0.25) is 0 Å². The van der Waals surface area contributed by atoms with Gasteiger partial charge in [-0.15, -0.1) is 0 Å². The van der Waals surface area contributed by atoms with Gasteiger partial charge in [0, 0.05) is 17.5 Å². The zero-order valence-electron chi connectivity index (χ0n) is 10.5. The lowest BCUT2D eigenvalue weighted by molar-refractivity contribution is -0.124. The van der Waals surface area contributed by atoms with Gasteiger partial charge in [-0.3, -0.25) is 4.79 Å². The summed E-state index contributed by atoms with van der Waals surface area (Å²) in [4.78, 5) is 12.4. The quantitative estimate of drug-likeness (QED) is 0.809. The van der Waals surface area contributed by atoms with Crippen LogP contribution in [0.3, 0.4) is 0 Å². The first kappa shape index (κ1) is 12.2. The highest BCUT2D eigenvalue weighted by Crippen LogP contribution is 2.30. The molecule has 0 aliphatic heterocycles. The van der Waals surface area contributed by atoms with Crippen LogP contribution in [0.4, 0.5) is 5.69 Å². The number of ketones is 1. The number of hydrogen-bond donors (Lipinski definition) is 1. The van der Waals surface area contributed by atoms with Gasteiger partial charge < -0.3 is 5.73 Å². The number of rotatable bonds is 3. The highest BCUT2D eigenvalue weighted by atomic mass is 16.1. The van der Waals surface area contributed by atoms with E-state index in [2.05, 4.69) is 0 Å². The van der Waals surface area contributed by atoms with Gasteiger partial charge in [0.15, 0.2) is 0 Å². The lowest BCUT2D eigenvalue weighted by Crippen LogP contribution is -2.22. The van der Waals surface area contributed by atoms with Crippen molar-refractivity contribution in [2.45, 2.75) is 44.9 Å². The van der Waals surface area contributed by atoms with E-state index in [0.717, 1.165) is 24.1 Å². The van der Waals surface area contributed by atoms with Crippen LogP contribution < -0.4 is 5.73 Å². The second kappa shape index (κ2) is 5.35. The van der Waals surface area contributed by atoms with E-state index in [1.165, 1.54) is 19.3 Å². The van der Waals surface area contributed by atoms with Crippen LogP contribution in [0.15, 0.2) is 24.3 Å². The number of nitrogen functional groups attached to an aromatic ring is 1. The molecular weight excluding hydrogens is 210 g/mol. The topological polar surface area (TPSA) is 43.1 Å². The SMILES string of the molecule is CC(C(=O)C1CCCCC1)c1ccc(N)cc1. The lowest BCUT2D eigenvalue weighted by Gasteiger charge is -2.23. The predicted octanol–water partition coefficient (Wildman–Crippen LogP) is 3.52. The van der Waals surface area contributed by atoms with E-state index in [1.54, 1.807) is 0 Å². The molecule has 0 radical (unpaired) electrons. The molecule has 1 aliphatic rings. The molecule has 1 fully saturated rings. The van der Waals surface area contributed by atoms with Gasteiger partial charge >= 0.3 is 0 Å². The van der Waals surface area contributed by atoms with Gasteiger partial charge in [0.05, 0.1) is 0 Å². The Bertz CT molecular complexity index is 376. The van der Waals surface area contributed by atoms with E-state index in [1.807, 2.05) is 31.2 Å². The molecule has 2 heteroatoms. The van der Waals surface area contributed by atoms with Gasteiger partial charge in [0.25, 0.3) is 0 Å². The lowest BCUT2D eigenvalue weighted by atomic mass is 9.80. The normalized spacial score (nSPS) is 18.9. The summed E-state index contributed by atoms with van der Waals surface area (Å²) >= 11 is 0. The summed E-state index contributed by atoms with van der Waals surface area (Å²) in [5.41, 5.74) is 7.51. The van der Waals surface area contributed by atoms with Crippen molar-refractivity contribution in [3.05, 3.63) is 29.8 Å². The molecule has 0 aromatic heterocycles. The number of anilines is 1. The Morgan fingerprint density at radius 3 is 2.35 bits per heavy atom. The molecule has 0 heterocycles. The smallest absolute Gasteiger partial charge is 0.143 e. The van der Waals surface area contributed by atoms with Gasteiger partial charge in [-0.1, -0.05) is 38.3 Å². The summed E-state index contributed by atoms with van der Waals surface area (Å²) in [6.07, 6.45) is 5.88. The zero-order valence-corrected chi connectivity index (χ0v) is 10.5. The highest BCUT2D eigenvalue weighted by molar-refractivity contribution is 5.87. The molecule has 2 nitrogen and oxygen atoms in total. The second-order valence-electron chi connectivity index (χ2n) is 5.13. The van der Waals surface area contributed by atoms with E-state index >= 15 is 0 Å². The molecule has 1 aromatic rings. The van der Waals surface area contributed by atoms with E-state index < -0.39 is 0 Å². The van der Waals surface area contributed by atoms with E-state index in [4.69, 9.17) is 5.73 Å². The molecule has 2 N–H and O–H groups in total. The fourth-order valence-corrected chi connectivity index (χ4v) is 2.69. The monoisotopic (exact) mass is 231 g/mol. The maximum Gasteiger partial charge on any atom is 0.143 e. The van der Waals surface area contributed by atoms with Crippen molar-refractivity contribution < 1.29 is 4.79 Å². The van der Waals surface area contributed by atoms with Crippen LogP contribution in [-0.2, 0) is 4.79 Å². The van der Waals surface area contributed by atoms with Crippen molar-refractivity contribution in [2.24, 2.45) is 5.92 Å². The van der Waals surface area contributed by atoms with Crippen LogP contribution in [0.5, 0.6) is 0 Å². The Labute approximate surface area is 103 Å². The molecule has 1 saturated carbocycles. The minimum Gasteiger partial charge on any atom is -0.399 e. The fourth-order valence-electron chi connectivity index (χ4n) is 2.69. The minimum atomic E-state index is 0.0127. The molecule has 17 heavy (non-hydrogen) atoms. The molecule has 0 saturated heterocycles. The van der Waals surface area contributed by atoms with Gasteiger partial charge in [-0.2, -0.15) is 0 Å². The first-order valence-corrected chi connectivity index (χ1v) is 6.57. The summed E-state index contributed by atoms with van der Waals surface area (Å²) < 4.78 is 0. The largest absolute Gasteiger partial charge is 0.399 e. The van der Waals surface area contributed by atoms with Crippen molar-refractivity contribution >= 4 is 11.5 Å². The average Bonchev–Trinajstić information content (AvgIpc) is 2.39. The number of Topliss-reactive ketones (excluding diaryl/α,β-unsaturated/α-hetero) is 1. The molecule has 1 aliphatic carbocycles. The second-order valence-corrected chi connectivity index (χ2v) is 5.13. The molecule has 1 aromatic carbocycles. The van der Waals surface area contributed by atoms with E-state index in [0.29, 0.717) is 5.78 Å². The van der Waals surface area contributed by atoms with Crippen LogP contribution in [-0.4, -0.2) is 5.78 Å². The average molecular weight is 231 g/mol. The summed E-state index contributed by atoms with van der Waals surface area (Å²) in [6, 6.07) is 7.70. The fraction of sp³-hybridized carbons (Fsp3) is 0.533. The van der Waals surface area contributed by atoms with Crippen molar-refractivity contribution in [1.82, 2.24) is 0 Å². The summed E-state index contributed by atoms with van der Waals surface area (Å²) in [5, 5.41) is 0. The Hall–Kier alpha value is -1.31. The third-order valence-electron chi connectivity index (χ3n) is 3.87. The standard InChI is InChI=1S/C15H21NO/c1-11(12-7-9-14(16)10-8-12)15(17)13-5-3-2-4-6-13/h7-11,13H,2-6,16H2,1H3. The third-order valence-corrected chi connectivity index (χ3v) is 3.87. The van der Waals surface area contributed by atoms with Gasteiger partial charge in [-0.05, 0) is 30.5 Å². The Morgan fingerprint density at radius 1 is 1.18 bits per heavy atom. The van der Waals surface area contributed by atoms with Crippen molar-refractivity contribution in [3.63, 3.8) is 0 Å². The van der Waals surface area contributed by atoms with E-state index in [-0.39, 0.29) is 11.8 Å². The molecule has 92 valence electrons. The van der Waals surface area contributed by atoms with Crippen LogP contribution in [0.25, 0.3) is 0 Å². The van der Waals surface area contributed by atoms with Gasteiger partial charge in [0.1, 0.15) is 5.78 Å². The maximum atomic E-state index is 12.4. The molecule has 0 amide bonds. The molecule has 2 rings (SSSR count). The van der Waals surface area contributed by atoms with Gasteiger partial charge in [-0.25, -0.2) is 0 Å². The summed E-state index contributed by atoms with van der Waals surface area (Å²) in [5.74, 6) is 0.712. The number of carbonyl (C=O) groups excluding carboxylic acids is 1. The zero-order chi connectivity index (χ0) is 12.3. The predicted molar refractivity (Wildman–Crippen MR) is 70.9 cm³/mol. The summed E-state index contributed by atoms with van der Waals surface area (Å²) in [7, 11) is 0. The van der Waals surface area contributed by atoms with Crippen LogP contribution >= 0.6 is 0 Å². The molecule has 1 atom stereocenters. The van der Waals surface area contributed by atoms with Crippen LogP contribution in [0.1, 0.15) is 50.5 Å². The maximum absolute atomic E-state index is 12.4. The van der Waals surface area contributed by atoms with Crippen molar-refractivity contribution in [2.75, 3.05) is 5.73 Å². The number of nitrogens with two attached hydrogens (primary N) is 1. The molecule has 0 spiro atoms. The Balaban J connectivity index is 2.05. The summed E-state index contributed by atoms with van der Waals surface area (Å²) in [6.45, 7) is 2.02. The number of hydrogen-bond acceptors (Lipinski definition) is 2. The van der Waals surface area contributed by atoms with Crippen LogP contribution in [0, 0.1) is 5.92 Å². The Kier molecular flexibility index (Phi) is 3.82. The number of benzene rings is 1. The van der Waals surface area contributed by atoms with Crippen molar-refractivity contribution in [3.8, 4) is 0 Å². The number of carbonyl (C=O) groups is 1. The van der Waals surface area contributed by atoms with Crippen molar-refractivity contribution in [1.29, 1.82) is 0 Å². The molecule has 1 unspecified atom stereocenters. The Morgan fingerprint density at radius 2 is 1.76 bits per heavy atom. The molecular formula is C15H21NO. The van der Waals surface area contributed by atoms with Gasteiger partial charge in [0.2, 0.25) is 0 Å². The first-order chi connectivity index (χ1) is 8.18. The molecule has 0 bridgehead atoms. The first-order valence-electron chi connectivity index (χ1n) is 6.57. The minimum absolute atomic E-state index is 0.0127. The van der Waals surface area contributed by atoms with E-state index in [9.17, 15) is 4.79 Å². The third kappa shape index (κ3) is 2.87.